The van der Waals surface area contributed by atoms with Gasteiger partial charge in [-0.25, -0.2) is 0 Å². The number of Topliss-reactive ketones (excluding diaryl/α,β-unsaturated/α-hetero) is 1. The van der Waals surface area contributed by atoms with E-state index in [-0.39, 0.29) is 17.4 Å². The average molecular weight is 520 g/mol. The van der Waals surface area contributed by atoms with Crippen LogP contribution in [-0.2, 0) is 4.79 Å². The molecule has 35 heavy (non-hydrogen) atoms. The summed E-state index contributed by atoms with van der Waals surface area (Å²) in [5, 5.41) is 19.4. The normalized spacial score (nSPS) is 15.4. The van der Waals surface area contributed by atoms with Crippen molar-refractivity contribution in [3.8, 4) is 6.07 Å². The van der Waals surface area contributed by atoms with Crippen molar-refractivity contribution in [2.75, 3.05) is 11.1 Å². The number of amides is 1. The van der Waals surface area contributed by atoms with Gasteiger partial charge in [-0.2, -0.15) is 5.26 Å². The molecule has 1 aliphatic rings. The van der Waals surface area contributed by atoms with E-state index in [1.54, 1.807) is 30.3 Å². The first kappa shape index (κ1) is 24.8. The number of hydrogen-bond donors (Lipinski definition) is 2. The molecule has 0 bridgehead atoms. The molecule has 2 heterocycles. The first-order valence-electron chi connectivity index (χ1n) is 10.8. The molecule has 0 fully saturated rings. The van der Waals surface area contributed by atoms with Crippen molar-refractivity contribution < 1.29 is 9.59 Å². The third-order valence-electron chi connectivity index (χ3n) is 5.64. The molecule has 0 saturated carbocycles. The van der Waals surface area contributed by atoms with E-state index < -0.39 is 5.92 Å². The van der Waals surface area contributed by atoms with Gasteiger partial charge < -0.3 is 10.6 Å². The Labute approximate surface area is 217 Å². The monoisotopic (exact) mass is 519 g/mol. The van der Waals surface area contributed by atoms with E-state index in [0.717, 1.165) is 11.1 Å². The summed E-state index contributed by atoms with van der Waals surface area (Å²) in [5.41, 5.74) is 3.95. The number of thioether (sulfide) groups is 1. The van der Waals surface area contributed by atoms with Crippen LogP contribution >= 0.6 is 34.7 Å². The zero-order valence-corrected chi connectivity index (χ0v) is 21.5. The molecular formula is C27H22ClN3O2S2. The maximum atomic E-state index is 13.5. The molecule has 176 valence electrons. The highest BCUT2D eigenvalue weighted by Crippen LogP contribution is 2.42. The fourth-order valence-corrected chi connectivity index (χ4v) is 5.78. The minimum Gasteiger partial charge on any atom is -0.353 e. The van der Waals surface area contributed by atoms with Gasteiger partial charge in [-0.15, -0.1) is 11.3 Å². The van der Waals surface area contributed by atoms with Crippen molar-refractivity contribution in [3.05, 3.63) is 109 Å². The van der Waals surface area contributed by atoms with Crippen LogP contribution in [0, 0.1) is 18.3 Å². The molecule has 1 aromatic heterocycles. The number of ketones is 1. The summed E-state index contributed by atoms with van der Waals surface area (Å²) < 4.78 is 0. The molecule has 1 aliphatic heterocycles. The molecule has 5 nitrogen and oxygen atoms in total. The van der Waals surface area contributed by atoms with Crippen molar-refractivity contribution >= 4 is 52.1 Å². The Balaban J connectivity index is 1.71. The molecule has 0 aliphatic carbocycles. The second-order valence-electron chi connectivity index (χ2n) is 7.96. The number of carbonyl (C=O) groups is 2. The van der Waals surface area contributed by atoms with Crippen molar-refractivity contribution in [2.24, 2.45) is 0 Å². The highest BCUT2D eigenvalue weighted by molar-refractivity contribution is 8.03. The largest absolute Gasteiger partial charge is 0.353 e. The molecule has 8 heteroatoms. The quantitative estimate of drug-likeness (QED) is 0.341. The fourth-order valence-electron chi connectivity index (χ4n) is 3.93. The van der Waals surface area contributed by atoms with Gasteiger partial charge in [0.2, 0.25) is 0 Å². The number of nitrogens with one attached hydrogen (secondary N) is 2. The van der Waals surface area contributed by atoms with Gasteiger partial charge in [-0.1, -0.05) is 53.7 Å². The topological polar surface area (TPSA) is 82.0 Å². The standard InChI is InChI=1S/C27H22ClN3O2S2/c1-16-6-3-4-7-20(16)25-21(14-29)27(35-15-22(32)23-8-5-13-34-23)30-17(2)24(25)26(33)31-19-11-9-18(28)10-12-19/h3-13,25,30H,15H2,1-2H3,(H,31,33). The fraction of sp³-hybridized carbons (Fsp3) is 0.148. The van der Waals surface area contributed by atoms with Crippen LogP contribution in [0.25, 0.3) is 0 Å². The number of anilines is 1. The Kier molecular flexibility index (Phi) is 7.76. The molecule has 1 atom stereocenters. The molecule has 2 N–H and O–H groups in total. The second-order valence-corrected chi connectivity index (χ2v) is 10.3. The van der Waals surface area contributed by atoms with Gasteiger partial charge in [0, 0.05) is 22.0 Å². The Morgan fingerprint density at radius 1 is 1.11 bits per heavy atom. The number of nitriles is 1. The molecule has 2 aromatic carbocycles. The van der Waals surface area contributed by atoms with Crippen molar-refractivity contribution in [1.82, 2.24) is 5.32 Å². The van der Waals surface area contributed by atoms with Gasteiger partial charge in [0.15, 0.2) is 5.78 Å². The van der Waals surface area contributed by atoms with E-state index in [1.807, 2.05) is 49.6 Å². The molecule has 4 rings (SSSR count). The van der Waals surface area contributed by atoms with E-state index in [0.29, 0.717) is 37.5 Å². The predicted molar refractivity (Wildman–Crippen MR) is 144 cm³/mol. The summed E-state index contributed by atoms with van der Waals surface area (Å²) in [6, 6.07) is 20.5. The number of benzene rings is 2. The zero-order valence-electron chi connectivity index (χ0n) is 19.1. The van der Waals surface area contributed by atoms with Crippen LogP contribution in [-0.4, -0.2) is 17.4 Å². The zero-order chi connectivity index (χ0) is 24.9. The van der Waals surface area contributed by atoms with Gasteiger partial charge >= 0.3 is 0 Å². The lowest BCUT2D eigenvalue weighted by molar-refractivity contribution is -0.113. The highest BCUT2D eigenvalue weighted by atomic mass is 35.5. The van der Waals surface area contributed by atoms with E-state index in [4.69, 9.17) is 11.6 Å². The smallest absolute Gasteiger partial charge is 0.254 e. The van der Waals surface area contributed by atoms with Gasteiger partial charge in [0.25, 0.3) is 5.91 Å². The Hall–Kier alpha value is -3.31. The number of dihydropyridines is 1. The number of aryl methyl sites for hydroxylation is 1. The van der Waals surface area contributed by atoms with E-state index in [1.165, 1.54) is 23.1 Å². The van der Waals surface area contributed by atoms with Crippen LogP contribution in [0.5, 0.6) is 0 Å². The summed E-state index contributed by atoms with van der Waals surface area (Å²) in [6.45, 7) is 3.78. The molecular weight excluding hydrogens is 498 g/mol. The summed E-state index contributed by atoms with van der Waals surface area (Å²) in [7, 11) is 0. The molecule has 0 spiro atoms. The van der Waals surface area contributed by atoms with Crippen LogP contribution < -0.4 is 10.6 Å². The number of carbonyl (C=O) groups excluding carboxylic acids is 2. The van der Waals surface area contributed by atoms with E-state index in [9.17, 15) is 14.9 Å². The molecule has 1 amide bonds. The van der Waals surface area contributed by atoms with Gasteiger partial charge in [-0.3, -0.25) is 9.59 Å². The van der Waals surface area contributed by atoms with Crippen molar-refractivity contribution in [2.45, 2.75) is 19.8 Å². The van der Waals surface area contributed by atoms with Crippen LogP contribution in [0.3, 0.4) is 0 Å². The first-order chi connectivity index (χ1) is 16.9. The first-order valence-corrected chi connectivity index (χ1v) is 13.1. The van der Waals surface area contributed by atoms with Crippen LogP contribution in [0.2, 0.25) is 5.02 Å². The van der Waals surface area contributed by atoms with Crippen LogP contribution in [0.15, 0.2) is 87.9 Å². The van der Waals surface area contributed by atoms with Crippen molar-refractivity contribution in [3.63, 3.8) is 0 Å². The third kappa shape index (κ3) is 5.51. The number of nitrogens with zero attached hydrogens (tertiary/aromatic N) is 1. The van der Waals surface area contributed by atoms with E-state index >= 15 is 0 Å². The predicted octanol–water partition coefficient (Wildman–Crippen LogP) is 6.66. The SMILES string of the molecule is CC1=C(C(=O)Nc2ccc(Cl)cc2)C(c2ccccc2C)C(C#N)=C(SCC(=O)c2cccs2)N1. The second kappa shape index (κ2) is 11.0. The highest BCUT2D eigenvalue weighted by Gasteiger charge is 2.35. The molecule has 1 unspecified atom stereocenters. The molecule has 3 aromatic rings. The van der Waals surface area contributed by atoms with Gasteiger partial charge in [0.1, 0.15) is 0 Å². The number of allylic oxidation sites excluding steroid dienone is 2. The summed E-state index contributed by atoms with van der Waals surface area (Å²) in [5.74, 6) is -0.697. The number of thiophene rings is 1. The maximum Gasteiger partial charge on any atom is 0.254 e. The average Bonchev–Trinajstić information content (AvgIpc) is 3.39. The Bertz CT molecular complexity index is 1370. The molecule has 0 saturated heterocycles. The number of halogens is 1. The van der Waals surface area contributed by atoms with Gasteiger partial charge in [-0.05, 0) is 60.7 Å². The number of hydrogen-bond acceptors (Lipinski definition) is 6. The summed E-state index contributed by atoms with van der Waals surface area (Å²) in [6.07, 6.45) is 0. The molecule has 0 radical (unpaired) electrons. The Morgan fingerprint density at radius 3 is 2.51 bits per heavy atom. The summed E-state index contributed by atoms with van der Waals surface area (Å²) >= 11 is 8.66. The summed E-state index contributed by atoms with van der Waals surface area (Å²) in [4.78, 5) is 26.8. The minimum atomic E-state index is -0.575. The van der Waals surface area contributed by atoms with Crippen LogP contribution in [0.4, 0.5) is 5.69 Å². The van der Waals surface area contributed by atoms with Crippen LogP contribution in [0.1, 0.15) is 33.6 Å². The third-order valence-corrected chi connectivity index (χ3v) is 7.82. The van der Waals surface area contributed by atoms with E-state index in [2.05, 4.69) is 16.7 Å². The Morgan fingerprint density at radius 2 is 1.86 bits per heavy atom. The lowest BCUT2D eigenvalue weighted by Gasteiger charge is -2.30. The maximum absolute atomic E-state index is 13.5. The lowest BCUT2D eigenvalue weighted by Crippen LogP contribution is -2.31. The van der Waals surface area contributed by atoms with Crippen molar-refractivity contribution in [1.29, 1.82) is 5.26 Å². The van der Waals surface area contributed by atoms with Gasteiger partial charge in [0.05, 0.1) is 33.2 Å². The number of rotatable bonds is 7. The minimum absolute atomic E-state index is 0.00283. The lowest BCUT2D eigenvalue weighted by atomic mass is 9.80.